The molecule has 0 aromatic heterocycles. The van der Waals surface area contributed by atoms with E-state index in [2.05, 4.69) is 22.5 Å². The van der Waals surface area contributed by atoms with Crippen molar-refractivity contribution in [3.63, 3.8) is 0 Å². The zero-order chi connectivity index (χ0) is 24.3. The van der Waals surface area contributed by atoms with Gasteiger partial charge in [0.25, 0.3) is 0 Å². The van der Waals surface area contributed by atoms with Crippen molar-refractivity contribution in [3.05, 3.63) is 12.7 Å². The van der Waals surface area contributed by atoms with Crippen LogP contribution in [0.15, 0.2) is 12.7 Å². The first-order valence-electron chi connectivity index (χ1n) is 12.1. The van der Waals surface area contributed by atoms with Crippen LogP contribution in [0.25, 0.3) is 0 Å². The third kappa shape index (κ3) is 4.60. The minimum Gasteiger partial charge on any atom is -0.466 e. The highest BCUT2D eigenvalue weighted by Crippen LogP contribution is 2.60. The summed E-state index contributed by atoms with van der Waals surface area (Å²) in [7, 11) is 0. The van der Waals surface area contributed by atoms with Crippen molar-refractivity contribution < 1.29 is 29.0 Å². The fourth-order valence-corrected chi connectivity index (χ4v) is 6.70. The zero-order valence-electron chi connectivity index (χ0n) is 19.9. The normalized spacial score (nSPS) is 32.4. The predicted molar refractivity (Wildman–Crippen MR) is 127 cm³/mol. The Hall–Kier alpha value is -1.45. The van der Waals surface area contributed by atoms with Gasteiger partial charge in [0.15, 0.2) is 0 Å². The molecule has 1 unspecified atom stereocenters. The number of alkyl halides is 1. The molecule has 3 heterocycles. The minimum absolute atomic E-state index is 0.0771. The van der Waals surface area contributed by atoms with Gasteiger partial charge in [0.05, 0.1) is 24.5 Å². The third-order valence-corrected chi connectivity index (χ3v) is 7.97. The fourth-order valence-electron chi connectivity index (χ4n) is 5.76. The number of unbranched alkanes of at least 4 members (excludes halogenated alkanes) is 3. The number of likely N-dealkylation sites (tertiary alicyclic amines) is 1. The molecule has 0 aromatic carbocycles. The first kappa shape index (κ1) is 26.2. The quantitative estimate of drug-likeness (QED) is 0.180. The van der Waals surface area contributed by atoms with Gasteiger partial charge in [-0.25, -0.2) is 0 Å². The van der Waals surface area contributed by atoms with Crippen molar-refractivity contribution in [1.29, 1.82) is 0 Å². The Bertz CT molecular complexity index is 761. The summed E-state index contributed by atoms with van der Waals surface area (Å²) < 4.78 is 11.8. The first-order chi connectivity index (χ1) is 15.7. The lowest BCUT2D eigenvalue weighted by Crippen LogP contribution is -2.58. The second kappa shape index (κ2) is 10.9. The standard InChI is InChI=1S/C24H37BrN2O6/c1-5-11-26(15(3)4)22(30)20-24-14-16(25)19(33-24)17(23(31)32-6-2)18(24)21(29)27(20)12-9-7-8-10-13-28/h5,15-20,28H,1,6-14H2,2-4H3/t16?,17-,18+,19-,20-,24+/m0/s1. The van der Waals surface area contributed by atoms with Crippen LogP contribution in [0.4, 0.5) is 0 Å². The van der Waals surface area contributed by atoms with Gasteiger partial charge in [-0.05, 0) is 40.0 Å². The van der Waals surface area contributed by atoms with Crippen molar-refractivity contribution >= 4 is 33.7 Å². The van der Waals surface area contributed by atoms with Gasteiger partial charge >= 0.3 is 5.97 Å². The molecule has 3 saturated heterocycles. The highest BCUT2D eigenvalue weighted by atomic mass is 79.9. The molecule has 33 heavy (non-hydrogen) atoms. The Morgan fingerprint density at radius 2 is 2.06 bits per heavy atom. The monoisotopic (exact) mass is 528 g/mol. The van der Waals surface area contributed by atoms with Crippen LogP contribution in [-0.2, 0) is 23.9 Å². The van der Waals surface area contributed by atoms with E-state index in [1.54, 1.807) is 22.8 Å². The molecule has 0 aromatic rings. The lowest BCUT2D eigenvalue weighted by atomic mass is 9.70. The maximum Gasteiger partial charge on any atom is 0.312 e. The molecule has 0 radical (unpaired) electrons. The molecule has 0 aliphatic carbocycles. The molecule has 2 amide bonds. The number of ether oxygens (including phenoxy) is 2. The van der Waals surface area contributed by atoms with Crippen molar-refractivity contribution in [1.82, 2.24) is 9.80 Å². The molecule has 1 N–H and O–H groups in total. The number of esters is 1. The van der Waals surface area contributed by atoms with Crippen LogP contribution in [0.3, 0.4) is 0 Å². The number of halogens is 1. The summed E-state index contributed by atoms with van der Waals surface area (Å²) in [5.41, 5.74) is -1.05. The highest BCUT2D eigenvalue weighted by molar-refractivity contribution is 9.09. The van der Waals surface area contributed by atoms with Gasteiger partial charge < -0.3 is 24.4 Å². The molecule has 9 heteroatoms. The van der Waals surface area contributed by atoms with Gasteiger partial charge in [-0.3, -0.25) is 14.4 Å². The number of nitrogens with zero attached hydrogens (tertiary/aromatic N) is 2. The largest absolute Gasteiger partial charge is 0.466 e. The van der Waals surface area contributed by atoms with E-state index in [-0.39, 0.29) is 35.9 Å². The van der Waals surface area contributed by atoms with Gasteiger partial charge in [-0.15, -0.1) is 6.58 Å². The van der Waals surface area contributed by atoms with Crippen LogP contribution in [0.1, 0.15) is 52.9 Å². The van der Waals surface area contributed by atoms with Crippen molar-refractivity contribution in [3.8, 4) is 0 Å². The molecule has 2 bridgehead atoms. The molecule has 186 valence electrons. The Labute approximate surface area is 204 Å². The minimum atomic E-state index is -1.05. The summed E-state index contributed by atoms with van der Waals surface area (Å²) in [6, 6.07) is -0.869. The SMILES string of the molecule is C=CCN(C(=O)[C@@H]1N(CCCCCCO)C(=O)[C@H]2[C@H](C(=O)OCC)[C@H]3O[C@@]12CC3Br)C(C)C. The average molecular weight is 529 g/mol. The number of hydrogen-bond donors (Lipinski definition) is 1. The number of carbonyl (C=O) groups is 3. The molecule has 8 nitrogen and oxygen atoms in total. The number of rotatable bonds is 12. The van der Waals surface area contributed by atoms with E-state index >= 15 is 0 Å². The summed E-state index contributed by atoms with van der Waals surface area (Å²) in [6.07, 6.45) is 4.80. The second-order valence-electron chi connectivity index (χ2n) is 9.46. The van der Waals surface area contributed by atoms with Gasteiger partial charge in [0.2, 0.25) is 11.8 Å². The van der Waals surface area contributed by atoms with Crippen molar-refractivity contribution in [2.75, 3.05) is 26.3 Å². The summed E-state index contributed by atoms with van der Waals surface area (Å²) in [6.45, 7) is 10.6. The lowest BCUT2D eigenvalue weighted by molar-refractivity contribution is -0.155. The van der Waals surface area contributed by atoms with Crippen LogP contribution >= 0.6 is 15.9 Å². The highest BCUT2D eigenvalue weighted by Gasteiger charge is 2.77. The summed E-state index contributed by atoms with van der Waals surface area (Å²) in [5, 5.41) is 9.04. The zero-order valence-corrected chi connectivity index (χ0v) is 21.5. The third-order valence-electron chi connectivity index (χ3n) is 7.12. The molecule has 3 aliphatic heterocycles. The van der Waals surface area contributed by atoms with Gasteiger partial charge in [-0.2, -0.15) is 0 Å². The maximum atomic E-state index is 13.9. The number of amides is 2. The van der Waals surface area contributed by atoms with Crippen LogP contribution in [0.2, 0.25) is 0 Å². The number of fused-ring (bicyclic) bond motifs is 1. The van der Waals surface area contributed by atoms with E-state index in [9.17, 15) is 14.4 Å². The topological polar surface area (TPSA) is 96.4 Å². The number of hydrogen-bond acceptors (Lipinski definition) is 6. The van der Waals surface area contributed by atoms with E-state index in [0.29, 0.717) is 32.4 Å². The number of aliphatic hydroxyl groups is 1. The Morgan fingerprint density at radius 3 is 2.67 bits per heavy atom. The molecule has 3 fully saturated rings. The van der Waals surface area contributed by atoms with Crippen molar-refractivity contribution in [2.24, 2.45) is 11.8 Å². The molecular formula is C24H37BrN2O6. The van der Waals surface area contributed by atoms with Gasteiger partial charge in [-0.1, -0.05) is 34.8 Å². The van der Waals surface area contributed by atoms with E-state index in [0.717, 1.165) is 12.8 Å². The Kier molecular flexibility index (Phi) is 8.61. The van der Waals surface area contributed by atoms with E-state index in [4.69, 9.17) is 14.6 Å². The van der Waals surface area contributed by atoms with Crippen LogP contribution < -0.4 is 0 Å². The summed E-state index contributed by atoms with van der Waals surface area (Å²) in [5.74, 6) is -2.25. The second-order valence-corrected chi connectivity index (χ2v) is 10.6. The Morgan fingerprint density at radius 1 is 1.36 bits per heavy atom. The van der Waals surface area contributed by atoms with Crippen LogP contribution in [0.5, 0.6) is 0 Å². The van der Waals surface area contributed by atoms with E-state index < -0.39 is 35.6 Å². The molecule has 6 atom stereocenters. The van der Waals surface area contributed by atoms with Crippen LogP contribution in [0, 0.1) is 11.8 Å². The molecule has 0 saturated carbocycles. The van der Waals surface area contributed by atoms with E-state index in [1.807, 2.05) is 13.8 Å². The molecule has 3 rings (SSSR count). The van der Waals surface area contributed by atoms with E-state index in [1.165, 1.54) is 0 Å². The molecule has 1 spiro atoms. The van der Waals surface area contributed by atoms with Crippen LogP contribution in [-0.4, -0.2) is 87.6 Å². The summed E-state index contributed by atoms with van der Waals surface area (Å²) in [4.78, 5) is 43.9. The van der Waals surface area contributed by atoms with Gasteiger partial charge in [0, 0.05) is 30.6 Å². The lowest BCUT2D eigenvalue weighted by Gasteiger charge is -2.38. The number of aliphatic hydroxyl groups excluding tert-OH is 1. The smallest absolute Gasteiger partial charge is 0.312 e. The fraction of sp³-hybridized carbons (Fsp3) is 0.792. The first-order valence-corrected chi connectivity index (χ1v) is 13.0. The average Bonchev–Trinajstić information content (AvgIpc) is 3.35. The van der Waals surface area contributed by atoms with Gasteiger partial charge in [0.1, 0.15) is 11.6 Å². The maximum absolute atomic E-state index is 13.9. The molecule has 3 aliphatic rings. The Balaban J connectivity index is 1.97. The van der Waals surface area contributed by atoms with Crippen molar-refractivity contribution in [2.45, 2.75) is 81.5 Å². The number of carbonyl (C=O) groups excluding carboxylic acids is 3. The molecular weight excluding hydrogens is 492 g/mol. The summed E-state index contributed by atoms with van der Waals surface area (Å²) >= 11 is 3.65. The predicted octanol–water partition coefficient (Wildman–Crippen LogP) is 2.27.